The number of rotatable bonds is 6. The number of carbonyl (C=O) groups is 1. The van der Waals surface area contributed by atoms with Gasteiger partial charge in [-0.1, -0.05) is 13.0 Å². The zero-order valence-electron chi connectivity index (χ0n) is 10.9. The number of likely N-dealkylation sites (N-methyl/N-ethyl adjacent to an activating group) is 1. The minimum absolute atomic E-state index is 0.213. The van der Waals surface area contributed by atoms with Gasteiger partial charge in [-0.05, 0) is 31.2 Å². The van der Waals surface area contributed by atoms with Crippen LogP contribution in [0.25, 0.3) is 0 Å². The minimum atomic E-state index is -0.405. The molecule has 0 saturated heterocycles. The van der Waals surface area contributed by atoms with Crippen LogP contribution >= 0.6 is 0 Å². The lowest BCUT2D eigenvalue weighted by Gasteiger charge is -2.25. The highest BCUT2D eigenvalue weighted by molar-refractivity contribution is 5.79. The molecular formula is C13H19FN2O2. The fourth-order valence-corrected chi connectivity index (χ4v) is 1.75. The Hall–Kier alpha value is -1.62. The number of ether oxygens (including phenoxy) is 1. The van der Waals surface area contributed by atoms with Crippen LogP contribution < -0.4 is 10.5 Å². The van der Waals surface area contributed by atoms with E-state index in [-0.39, 0.29) is 17.7 Å². The molecule has 4 nitrogen and oxygen atoms in total. The summed E-state index contributed by atoms with van der Waals surface area (Å²) in [5.41, 5.74) is 6.05. The molecule has 0 aromatic heterocycles. The molecule has 0 unspecified atom stereocenters. The summed E-state index contributed by atoms with van der Waals surface area (Å²) in [7, 11) is 1.42. The first-order valence-electron chi connectivity index (χ1n) is 5.85. The summed E-state index contributed by atoms with van der Waals surface area (Å²) < 4.78 is 18.4. The Morgan fingerprint density at radius 2 is 2.22 bits per heavy atom. The normalized spacial score (nSPS) is 12.5. The second-order valence-electron chi connectivity index (χ2n) is 4.11. The molecular weight excluding hydrogens is 235 g/mol. The number of amides is 1. The van der Waals surface area contributed by atoms with Crippen LogP contribution in [-0.2, 0) is 11.3 Å². The van der Waals surface area contributed by atoms with Crippen LogP contribution in [0.3, 0.4) is 0 Å². The molecule has 100 valence electrons. The standard InChI is InChI=1S/C13H19FN2O2/c1-4-16(9(2)13(15)17)8-10-5-6-12(18-3)11(14)7-10/h5-7,9H,4,8H2,1-3H3,(H2,15,17)/t9-/m0/s1. The molecule has 0 fully saturated rings. The Labute approximate surface area is 107 Å². The molecule has 5 heteroatoms. The number of hydrogen-bond acceptors (Lipinski definition) is 3. The average Bonchev–Trinajstić information content (AvgIpc) is 2.35. The van der Waals surface area contributed by atoms with Crippen molar-refractivity contribution in [3.05, 3.63) is 29.6 Å². The highest BCUT2D eigenvalue weighted by Crippen LogP contribution is 2.19. The smallest absolute Gasteiger partial charge is 0.234 e. The lowest BCUT2D eigenvalue weighted by Crippen LogP contribution is -2.42. The third kappa shape index (κ3) is 3.43. The Balaban J connectivity index is 2.82. The maximum atomic E-state index is 13.5. The van der Waals surface area contributed by atoms with Gasteiger partial charge in [-0.2, -0.15) is 0 Å². The summed E-state index contributed by atoms with van der Waals surface area (Å²) in [6, 6.07) is 4.39. The molecule has 1 aromatic carbocycles. The molecule has 1 aromatic rings. The maximum Gasteiger partial charge on any atom is 0.234 e. The van der Waals surface area contributed by atoms with Crippen LogP contribution in [0, 0.1) is 5.82 Å². The van der Waals surface area contributed by atoms with Gasteiger partial charge >= 0.3 is 0 Å². The zero-order valence-corrected chi connectivity index (χ0v) is 10.9. The van der Waals surface area contributed by atoms with Crippen molar-refractivity contribution < 1.29 is 13.9 Å². The molecule has 0 spiro atoms. The van der Waals surface area contributed by atoms with E-state index in [9.17, 15) is 9.18 Å². The van der Waals surface area contributed by atoms with E-state index in [0.717, 1.165) is 5.56 Å². The summed E-state index contributed by atoms with van der Waals surface area (Å²) in [6.07, 6.45) is 0. The van der Waals surface area contributed by atoms with Crippen LogP contribution in [0.1, 0.15) is 19.4 Å². The number of nitrogens with zero attached hydrogens (tertiary/aromatic N) is 1. The lowest BCUT2D eigenvalue weighted by molar-refractivity contribution is -0.122. The molecule has 0 bridgehead atoms. The van der Waals surface area contributed by atoms with Crippen molar-refractivity contribution in [1.82, 2.24) is 4.90 Å². The van der Waals surface area contributed by atoms with Gasteiger partial charge in [0.05, 0.1) is 13.2 Å². The molecule has 0 radical (unpaired) electrons. The third-order valence-electron chi connectivity index (χ3n) is 2.97. The molecule has 0 aliphatic rings. The van der Waals surface area contributed by atoms with Gasteiger partial charge in [-0.3, -0.25) is 9.69 Å². The van der Waals surface area contributed by atoms with E-state index in [2.05, 4.69) is 0 Å². The van der Waals surface area contributed by atoms with Crippen LogP contribution in [0.4, 0.5) is 4.39 Å². The van der Waals surface area contributed by atoms with E-state index in [1.54, 1.807) is 19.1 Å². The van der Waals surface area contributed by atoms with Crippen molar-refractivity contribution in [3.8, 4) is 5.75 Å². The van der Waals surface area contributed by atoms with Crippen molar-refractivity contribution in [2.45, 2.75) is 26.4 Å². The van der Waals surface area contributed by atoms with E-state index in [1.165, 1.54) is 13.2 Å². The van der Waals surface area contributed by atoms with Crippen molar-refractivity contribution >= 4 is 5.91 Å². The van der Waals surface area contributed by atoms with Gasteiger partial charge < -0.3 is 10.5 Å². The monoisotopic (exact) mass is 254 g/mol. The van der Waals surface area contributed by atoms with Gasteiger partial charge in [-0.15, -0.1) is 0 Å². The Morgan fingerprint density at radius 3 is 2.67 bits per heavy atom. The topological polar surface area (TPSA) is 55.6 Å². The molecule has 1 rings (SSSR count). The van der Waals surface area contributed by atoms with E-state index in [1.807, 2.05) is 11.8 Å². The summed E-state index contributed by atoms with van der Waals surface area (Å²) in [4.78, 5) is 13.0. The van der Waals surface area contributed by atoms with E-state index in [4.69, 9.17) is 10.5 Å². The third-order valence-corrected chi connectivity index (χ3v) is 2.97. The number of hydrogen-bond donors (Lipinski definition) is 1. The maximum absolute atomic E-state index is 13.5. The Kier molecular flexibility index (Phi) is 5.09. The summed E-state index contributed by atoms with van der Waals surface area (Å²) in [6.45, 7) is 4.81. The van der Waals surface area contributed by atoms with E-state index in [0.29, 0.717) is 13.1 Å². The Morgan fingerprint density at radius 1 is 1.56 bits per heavy atom. The first-order chi connectivity index (χ1) is 8.49. The number of carbonyl (C=O) groups excluding carboxylic acids is 1. The molecule has 18 heavy (non-hydrogen) atoms. The number of nitrogens with two attached hydrogens (primary N) is 1. The second kappa shape index (κ2) is 6.35. The largest absolute Gasteiger partial charge is 0.494 e. The molecule has 2 N–H and O–H groups in total. The summed E-state index contributed by atoms with van der Waals surface area (Å²) >= 11 is 0. The Bertz CT molecular complexity index is 423. The predicted molar refractivity (Wildman–Crippen MR) is 67.7 cm³/mol. The molecule has 0 aliphatic heterocycles. The quantitative estimate of drug-likeness (QED) is 0.837. The van der Waals surface area contributed by atoms with Crippen LogP contribution in [0.2, 0.25) is 0 Å². The lowest BCUT2D eigenvalue weighted by atomic mass is 10.1. The molecule has 1 amide bonds. The first kappa shape index (κ1) is 14.4. The minimum Gasteiger partial charge on any atom is -0.494 e. The van der Waals surface area contributed by atoms with E-state index < -0.39 is 5.82 Å². The number of methoxy groups -OCH3 is 1. The summed E-state index contributed by atoms with van der Waals surface area (Å²) in [5.74, 6) is -0.576. The van der Waals surface area contributed by atoms with Gasteiger partial charge in [0.1, 0.15) is 0 Å². The second-order valence-corrected chi connectivity index (χ2v) is 4.11. The fraction of sp³-hybridized carbons (Fsp3) is 0.462. The van der Waals surface area contributed by atoms with Crippen molar-refractivity contribution in [2.24, 2.45) is 5.73 Å². The molecule has 0 aliphatic carbocycles. The predicted octanol–water partition coefficient (Wildman–Crippen LogP) is 1.53. The van der Waals surface area contributed by atoms with Crippen molar-refractivity contribution in [3.63, 3.8) is 0 Å². The number of benzene rings is 1. The van der Waals surface area contributed by atoms with Gasteiger partial charge in [0.15, 0.2) is 11.6 Å². The highest BCUT2D eigenvalue weighted by Gasteiger charge is 2.17. The van der Waals surface area contributed by atoms with Gasteiger partial charge in [0, 0.05) is 6.54 Å². The fourth-order valence-electron chi connectivity index (χ4n) is 1.75. The number of primary amides is 1. The highest BCUT2D eigenvalue weighted by atomic mass is 19.1. The van der Waals surface area contributed by atoms with Crippen LogP contribution in [0.15, 0.2) is 18.2 Å². The van der Waals surface area contributed by atoms with Gasteiger partial charge in [0.25, 0.3) is 0 Å². The first-order valence-corrected chi connectivity index (χ1v) is 5.85. The SMILES string of the molecule is CCN(Cc1ccc(OC)c(F)c1)[C@@H](C)C(N)=O. The van der Waals surface area contributed by atoms with Crippen molar-refractivity contribution in [2.75, 3.05) is 13.7 Å². The zero-order chi connectivity index (χ0) is 13.7. The van der Waals surface area contributed by atoms with Gasteiger partial charge in [0.2, 0.25) is 5.91 Å². The van der Waals surface area contributed by atoms with E-state index >= 15 is 0 Å². The van der Waals surface area contributed by atoms with Gasteiger partial charge in [-0.25, -0.2) is 4.39 Å². The number of halogens is 1. The van der Waals surface area contributed by atoms with Crippen molar-refractivity contribution in [1.29, 1.82) is 0 Å². The molecule has 0 heterocycles. The molecule has 0 saturated carbocycles. The van der Waals surface area contributed by atoms with Crippen LogP contribution in [0.5, 0.6) is 5.75 Å². The average molecular weight is 254 g/mol. The molecule has 1 atom stereocenters. The van der Waals surface area contributed by atoms with Crippen LogP contribution in [-0.4, -0.2) is 30.5 Å². The summed E-state index contributed by atoms with van der Waals surface area (Å²) in [5, 5.41) is 0.